The van der Waals surface area contributed by atoms with E-state index >= 15 is 0 Å². The molecule has 0 aliphatic heterocycles. The number of carbonyl (C=O) groups is 2. The van der Waals surface area contributed by atoms with Gasteiger partial charge in [-0.1, -0.05) is 150 Å². The summed E-state index contributed by atoms with van der Waals surface area (Å²) < 4.78 is 32.5. The van der Waals surface area contributed by atoms with Crippen LogP contribution in [0.3, 0.4) is 0 Å². The lowest BCUT2D eigenvalue weighted by molar-refractivity contribution is -0.161. The van der Waals surface area contributed by atoms with Gasteiger partial charge in [-0.25, -0.2) is 4.57 Å². The summed E-state index contributed by atoms with van der Waals surface area (Å²) in [4.78, 5) is 34.7. The first-order chi connectivity index (χ1) is 25.8. The molecule has 0 amide bonds. The Hall–Kier alpha value is -2.81. The molecule has 2 unspecified atom stereocenters. The zero-order valence-corrected chi connectivity index (χ0v) is 33.9. The topological polar surface area (TPSA) is 134 Å². The molecule has 0 saturated heterocycles. The molecule has 0 bridgehead atoms. The van der Waals surface area contributed by atoms with Gasteiger partial charge in [0.15, 0.2) is 6.10 Å². The lowest BCUT2D eigenvalue weighted by Crippen LogP contribution is -2.29. The Bertz CT molecular complexity index is 1140. The number of nitrogens with two attached hydrogens (primary N) is 1. The number of phosphoric acid groups is 1. The van der Waals surface area contributed by atoms with Gasteiger partial charge in [-0.2, -0.15) is 0 Å². The molecule has 0 aliphatic carbocycles. The van der Waals surface area contributed by atoms with Crippen molar-refractivity contribution < 1.29 is 37.6 Å². The summed E-state index contributed by atoms with van der Waals surface area (Å²) in [5.74, 6) is -1.01. The summed E-state index contributed by atoms with van der Waals surface area (Å²) in [6.07, 6.45) is 47.9. The maximum Gasteiger partial charge on any atom is 0.472 e. The lowest BCUT2D eigenvalue weighted by Gasteiger charge is -2.19. The molecule has 2 atom stereocenters. The SMILES string of the molecule is CCCC=CCC=CCC=CCC=CCC=CCCC(=O)OC(COC(=O)CCC=CCC=CCCCCCCCCCC)COP(=O)(O)OCCN. The second kappa shape index (κ2) is 38.9. The van der Waals surface area contributed by atoms with Crippen LogP contribution in [0.2, 0.25) is 0 Å². The summed E-state index contributed by atoms with van der Waals surface area (Å²) in [6.45, 7) is 3.48. The van der Waals surface area contributed by atoms with Crippen molar-refractivity contribution in [1.29, 1.82) is 0 Å². The first-order valence-corrected chi connectivity index (χ1v) is 21.6. The fourth-order valence-electron chi connectivity index (χ4n) is 4.79. The molecule has 0 aromatic heterocycles. The number of hydrogen-bond donors (Lipinski definition) is 2. The Kier molecular flexibility index (Phi) is 36.8. The van der Waals surface area contributed by atoms with Gasteiger partial charge < -0.3 is 20.1 Å². The molecule has 0 aromatic rings. The third-order valence-corrected chi connectivity index (χ3v) is 8.75. The van der Waals surface area contributed by atoms with E-state index in [1.165, 1.54) is 57.8 Å². The molecule has 3 N–H and O–H groups in total. The first kappa shape index (κ1) is 50.2. The van der Waals surface area contributed by atoms with Crippen molar-refractivity contribution in [2.75, 3.05) is 26.4 Å². The average Bonchev–Trinajstić information content (AvgIpc) is 3.14. The van der Waals surface area contributed by atoms with E-state index in [2.05, 4.69) is 74.6 Å². The molecule has 0 rings (SSSR count). The Morgan fingerprint density at radius 1 is 0.566 bits per heavy atom. The molecule has 9 nitrogen and oxygen atoms in total. The van der Waals surface area contributed by atoms with Gasteiger partial charge in [0.05, 0.1) is 13.2 Å². The van der Waals surface area contributed by atoms with Gasteiger partial charge in [-0.3, -0.25) is 18.6 Å². The number of allylic oxidation sites excluding steroid dienone is 14. The summed E-state index contributed by atoms with van der Waals surface area (Å²) in [7, 11) is -4.41. The number of carbonyl (C=O) groups excluding carboxylic acids is 2. The molecule has 53 heavy (non-hydrogen) atoms. The largest absolute Gasteiger partial charge is 0.472 e. The van der Waals surface area contributed by atoms with E-state index < -0.39 is 32.5 Å². The van der Waals surface area contributed by atoms with E-state index in [0.717, 1.165) is 44.9 Å². The smallest absolute Gasteiger partial charge is 0.462 e. The Labute approximate surface area is 322 Å². The van der Waals surface area contributed by atoms with Crippen molar-refractivity contribution in [3.05, 3.63) is 85.1 Å². The van der Waals surface area contributed by atoms with Crippen molar-refractivity contribution in [2.24, 2.45) is 5.73 Å². The zero-order chi connectivity index (χ0) is 38.9. The van der Waals surface area contributed by atoms with Crippen LogP contribution in [0.25, 0.3) is 0 Å². The van der Waals surface area contributed by atoms with Crippen LogP contribution in [0.15, 0.2) is 85.1 Å². The average molecular weight is 762 g/mol. The normalized spacial score (nSPS) is 14.3. The third kappa shape index (κ3) is 38.7. The monoisotopic (exact) mass is 761 g/mol. The summed E-state index contributed by atoms with van der Waals surface area (Å²) in [5.41, 5.74) is 5.33. The van der Waals surface area contributed by atoms with Crippen molar-refractivity contribution in [3.8, 4) is 0 Å². The molecule has 302 valence electrons. The Morgan fingerprint density at radius 2 is 1.02 bits per heavy atom. The number of unbranched alkanes of at least 4 members (excludes halogenated alkanes) is 9. The van der Waals surface area contributed by atoms with E-state index in [1.54, 1.807) is 0 Å². The van der Waals surface area contributed by atoms with Gasteiger partial charge in [0.2, 0.25) is 0 Å². The summed E-state index contributed by atoms with van der Waals surface area (Å²) >= 11 is 0. The van der Waals surface area contributed by atoms with E-state index in [-0.39, 0.29) is 32.6 Å². The number of esters is 2. The lowest BCUT2D eigenvalue weighted by atomic mass is 10.1. The maximum atomic E-state index is 12.5. The predicted octanol–water partition coefficient (Wildman–Crippen LogP) is 11.3. The fraction of sp³-hybridized carbons (Fsp3) is 0.628. The van der Waals surface area contributed by atoms with Gasteiger partial charge in [0.25, 0.3) is 0 Å². The van der Waals surface area contributed by atoms with E-state index in [9.17, 15) is 19.0 Å². The highest BCUT2D eigenvalue weighted by Gasteiger charge is 2.25. The Morgan fingerprint density at radius 3 is 1.53 bits per heavy atom. The van der Waals surface area contributed by atoms with Crippen LogP contribution in [0, 0.1) is 0 Å². The second-order valence-corrected chi connectivity index (χ2v) is 14.2. The van der Waals surface area contributed by atoms with Crippen molar-refractivity contribution >= 4 is 19.8 Å². The maximum absolute atomic E-state index is 12.5. The zero-order valence-electron chi connectivity index (χ0n) is 33.0. The van der Waals surface area contributed by atoms with Gasteiger partial charge in [-0.15, -0.1) is 0 Å². The van der Waals surface area contributed by atoms with Crippen LogP contribution in [0.1, 0.15) is 142 Å². The number of hydrogen-bond acceptors (Lipinski definition) is 8. The van der Waals surface area contributed by atoms with E-state index in [4.69, 9.17) is 24.3 Å². The van der Waals surface area contributed by atoms with Crippen molar-refractivity contribution in [2.45, 2.75) is 148 Å². The van der Waals surface area contributed by atoms with Gasteiger partial charge in [0, 0.05) is 19.4 Å². The first-order valence-electron chi connectivity index (χ1n) is 20.1. The second-order valence-electron chi connectivity index (χ2n) is 12.8. The van der Waals surface area contributed by atoms with Gasteiger partial charge >= 0.3 is 19.8 Å². The van der Waals surface area contributed by atoms with Crippen molar-refractivity contribution in [3.63, 3.8) is 0 Å². The van der Waals surface area contributed by atoms with Crippen LogP contribution in [-0.4, -0.2) is 49.3 Å². The predicted molar refractivity (Wildman–Crippen MR) is 219 cm³/mol. The van der Waals surface area contributed by atoms with Crippen LogP contribution < -0.4 is 5.73 Å². The van der Waals surface area contributed by atoms with Crippen LogP contribution >= 0.6 is 7.82 Å². The standard InChI is InChI=1S/C43H72NO8P/c1-3-5-7-9-11-13-15-17-19-20-22-24-26-28-30-32-34-36-43(46)52-41(40-51-53(47,48)50-38-37-44)39-49-42(45)35-33-31-29-27-25-23-21-18-16-14-12-10-8-6-4-2/h7,9,13,15,19-20,23-26,29-32,41H,3-6,8,10-12,14,16-18,21-22,27-28,33-40,44H2,1-2H3,(H,47,48). The molecule has 0 aliphatic rings. The van der Waals surface area contributed by atoms with E-state index in [0.29, 0.717) is 12.8 Å². The fourth-order valence-corrected chi connectivity index (χ4v) is 5.56. The quantitative estimate of drug-likeness (QED) is 0.0277. The third-order valence-electron chi connectivity index (χ3n) is 7.76. The molecule has 0 fully saturated rings. The molecule has 0 radical (unpaired) electrons. The number of rotatable bonds is 36. The van der Waals surface area contributed by atoms with Gasteiger partial charge in [0.1, 0.15) is 6.61 Å². The molecular weight excluding hydrogens is 689 g/mol. The van der Waals surface area contributed by atoms with Crippen LogP contribution in [0.4, 0.5) is 0 Å². The highest BCUT2D eigenvalue weighted by Crippen LogP contribution is 2.43. The van der Waals surface area contributed by atoms with Crippen LogP contribution in [0.5, 0.6) is 0 Å². The molecule has 0 spiro atoms. The molecule has 0 saturated carbocycles. The number of ether oxygens (including phenoxy) is 2. The minimum absolute atomic E-state index is 0.0316. The van der Waals surface area contributed by atoms with Crippen molar-refractivity contribution in [1.82, 2.24) is 0 Å². The minimum atomic E-state index is -4.41. The highest BCUT2D eigenvalue weighted by molar-refractivity contribution is 7.47. The molecule has 0 aromatic carbocycles. The highest BCUT2D eigenvalue weighted by atomic mass is 31.2. The number of phosphoric ester groups is 1. The molecular formula is C43H72NO8P. The van der Waals surface area contributed by atoms with E-state index in [1.807, 2.05) is 24.3 Å². The summed E-state index contributed by atoms with van der Waals surface area (Å²) in [6, 6.07) is 0. The Balaban J connectivity index is 4.42. The molecule has 0 heterocycles. The van der Waals surface area contributed by atoms with Crippen LogP contribution in [-0.2, 0) is 32.7 Å². The van der Waals surface area contributed by atoms with Gasteiger partial charge in [-0.05, 0) is 64.2 Å². The minimum Gasteiger partial charge on any atom is -0.462 e. The summed E-state index contributed by atoms with van der Waals surface area (Å²) in [5, 5.41) is 0. The molecule has 10 heteroatoms.